The summed E-state index contributed by atoms with van der Waals surface area (Å²) in [6, 6.07) is 0.215. The molecule has 3 heterocycles. The van der Waals surface area contributed by atoms with Gasteiger partial charge < -0.3 is 20.2 Å². The number of ether oxygens (including phenoxy) is 2. The number of nitrogen functional groups attached to an aromatic ring is 1. The van der Waals surface area contributed by atoms with Gasteiger partial charge in [-0.15, -0.1) is 0 Å². The lowest BCUT2D eigenvalue weighted by atomic mass is 10.1. The third-order valence-electron chi connectivity index (χ3n) is 4.58. The van der Waals surface area contributed by atoms with Crippen molar-refractivity contribution in [1.82, 2.24) is 19.5 Å². The lowest BCUT2D eigenvalue weighted by molar-refractivity contribution is 0.00883. The zero-order valence-corrected chi connectivity index (χ0v) is 15.0. The first-order valence-corrected chi connectivity index (χ1v) is 9.12. The van der Waals surface area contributed by atoms with Gasteiger partial charge in [0.15, 0.2) is 11.5 Å². The van der Waals surface area contributed by atoms with Crippen LogP contribution < -0.4 is 16.2 Å². The molecule has 2 atom stereocenters. The molecule has 3 N–H and O–H groups in total. The Labute approximate surface area is 146 Å². The minimum Gasteiger partial charge on any atom is -0.460 e. The number of imidazole rings is 1. The molecule has 8 nitrogen and oxygen atoms in total. The summed E-state index contributed by atoms with van der Waals surface area (Å²) in [6.45, 7) is 5.40. The van der Waals surface area contributed by atoms with E-state index in [1.807, 2.05) is 6.92 Å². The van der Waals surface area contributed by atoms with Crippen LogP contribution in [0.2, 0.25) is 0 Å². The number of rotatable bonds is 7. The van der Waals surface area contributed by atoms with Crippen LogP contribution in [0.1, 0.15) is 52.4 Å². The molecule has 1 aliphatic heterocycles. The molecular formula is C17H27N5O3. The summed E-state index contributed by atoms with van der Waals surface area (Å²) in [5, 5.41) is 0. The van der Waals surface area contributed by atoms with E-state index in [9.17, 15) is 4.79 Å². The molecule has 2 aromatic heterocycles. The molecule has 138 valence electrons. The van der Waals surface area contributed by atoms with Crippen molar-refractivity contribution in [2.75, 3.05) is 12.3 Å². The Morgan fingerprint density at radius 1 is 1.44 bits per heavy atom. The van der Waals surface area contributed by atoms with E-state index < -0.39 is 0 Å². The highest BCUT2D eigenvalue weighted by Gasteiger charge is 2.18. The second kappa shape index (κ2) is 7.86. The Hall–Kier alpha value is -2.09. The van der Waals surface area contributed by atoms with Gasteiger partial charge in [0.25, 0.3) is 0 Å². The van der Waals surface area contributed by atoms with Crippen LogP contribution in [0.5, 0.6) is 6.01 Å². The van der Waals surface area contributed by atoms with Gasteiger partial charge in [0.1, 0.15) is 5.52 Å². The fourth-order valence-electron chi connectivity index (χ4n) is 3.24. The lowest BCUT2D eigenvalue weighted by Gasteiger charge is -2.22. The number of anilines is 1. The highest BCUT2D eigenvalue weighted by atomic mass is 16.5. The van der Waals surface area contributed by atoms with Gasteiger partial charge in [-0.25, -0.2) is 4.79 Å². The minimum absolute atomic E-state index is 0.00315. The number of fused-ring (bicyclic) bond motifs is 1. The zero-order chi connectivity index (χ0) is 17.8. The molecule has 2 aromatic rings. The summed E-state index contributed by atoms with van der Waals surface area (Å²) < 4.78 is 13.1. The molecule has 0 radical (unpaired) electrons. The van der Waals surface area contributed by atoms with E-state index in [2.05, 4.69) is 21.9 Å². The number of nitrogens with zero attached hydrogens (tertiary/aromatic N) is 3. The van der Waals surface area contributed by atoms with Gasteiger partial charge in [-0.2, -0.15) is 9.97 Å². The molecule has 0 bridgehead atoms. The quantitative estimate of drug-likeness (QED) is 0.793. The third-order valence-corrected chi connectivity index (χ3v) is 4.58. The molecule has 0 saturated carbocycles. The van der Waals surface area contributed by atoms with Gasteiger partial charge in [-0.1, -0.05) is 13.3 Å². The average molecular weight is 349 g/mol. The van der Waals surface area contributed by atoms with Crippen LogP contribution >= 0.6 is 0 Å². The Morgan fingerprint density at radius 2 is 2.28 bits per heavy atom. The molecule has 1 saturated heterocycles. The van der Waals surface area contributed by atoms with Gasteiger partial charge in [0, 0.05) is 13.2 Å². The average Bonchev–Trinajstić information content (AvgIpc) is 2.90. The van der Waals surface area contributed by atoms with Crippen molar-refractivity contribution in [3.8, 4) is 6.01 Å². The third kappa shape index (κ3) is 4.12. The van der Waals surface area contributed by atoms with Gasteiger partial charge >= 0.3 is 11.7 Å². The van der Waals surface area contributed by atoms with Crippen LogP contribution in [-0.2, 0) is 11.3 Å². The molecule has 1 aliphatic rings. The number of aromatic amines is 1. The molecule has 0 aromatic carbocycles. The molecule has 1 fully saturated rings. The molecule has 3 rings (SSSR count). The fourth-order valence-corrected chi connectivity index (χ4v) is 3.24. The predicted molar refractivity (Wildman–Crippen MR) is 95.8 cm³/mol. The first kappa shape index (κ1) is 17.7. The highest BCUT2D eigenvalue weighted by Crippen LogP contribution is 2.21. The summed E-state index contributed by atoms with van der Waals surface area (Å²) >= 11 is 0. The van der Waals surface area contributed by atoms with E-state index in [-0.39, 0.29) is 29.7 Å². The van der Waals surface area contributed by atoms with Gasteiger partial charge in [-0.05, 0) is 39.0 Å². The van der Waals surface area contributed by atoms with Gasteiger partial charge in [-0.3, -0.25) is 4.57 Å². The summed E-state index contributed by atoms with van der Waals surface area (Å²) in [5.41, 5.74) is 6.71. The number of aromatic nitrogens is 4. The molecular weight excluding hydrogens is 322 g/mol. The smallest absolute Gasteiger partial charge is 0.327 e. The molecule has 25 heavy (non-hydrogen) atoms. The Morgan fingerprint density at radius 3 is 3.00 bits per heavy atom. The molecule has 0 aliphatic carbocycles. The summed E-state index contributed by atoms with van der Waals surface area (Å²) in [6.07, 6.45) is 6.22. The standard InChI is InChI=1S/C17H27N5O3/c1-3-6-11(2)25-16-20-14(18)13-15(21-16)22(17(23)19-13)9-8-12-7-4-5-10-24-12/h11-12H,3-10H2,1-2H3,(H,19,23)(H2,18,20,21)/t11-,12?/m0/s1. The van der Waals surface area contributed by atoms with Gasteiger partial charge in [0.2, 0.25) is 0 Å². The minimum atomic E-state index is -0.231. The van der Waals surface area contributed by atoms with Crippen LogP contribution in [0.3, 0.4) is 0 Å². The van der Waals surface area contributed by atoms with Crippen molar-refractivity contribution in [2.45, 2.75) is 71.1 Å². The van der Waals surface area contributed by atoms with Crippen LogP contribution in [0.15, 0.2) is 4.79 Å². The second-order valence-electron chi connectivity index (χ2n) is 6.67. The largest absolute Gasteiger partial charge is 0.460 e. The number of nitrogens with one attached hydrogen (secondary N) is 1. The van der Waals surface area contributed by atoms with E-state index >= 15 is 0 Å². The van der Waals surface area contributed by atoms with Crippen molar-refractivity contribution in [3.05, 3.63) is 10.5 Å². The SMILES string of the molecule is CCC[C@H](C)Oc1nc(N)c2[nH]c(=O)n(CCC3CCCCO3)c2n1. The number of hydrogen-bond donors (Lipinski definition) is 2. The van der Waals surface area contributed by atoms with E-state index in [0.717, 1.165) is 38.7 Å². The van der Waals surface area contributed by atoms with Crippen LogP contribution in [-0.4, -0.2) is 38.3 Å². The summed E-state index contributed by atoms with van der Waals surface area (Å²) in [7, 11) is 0. The van der Waals surface area contributed by atoms with Crippen molar-refractivity contribution in [3.63, 3.8) is 0 Å². The van der Waals surface area contributed by atoms with Crippen molar-refractivity contribution >= 4 is 17.0 Å². The fraction of sp³-hybridized carbons (Fsp3) is 0.706. The lowest BCUT2D eigenvalue weighted by Crippen LogP contribution is -2.24. The molecule has 0 spiro atoms. The number of hydrogen-bond acceptors (Lipinski definition) is 6. The first-order chi connectivity index (χ1) is 12.1. The zero-order valence-electron chi connectivity index (χ0n) is 15.0. The maximum absolute atomic E-state index is 12.3. The Kier molecular flexibility index (Phi) is 5.57. The highest BCUT2D eigenvalue weighted by molar-refractivity contribution is 5.81. The van der Waals surface area contributed by atoms with Gasteiger partial charge in [0.05, 0.1) is 12.2 Å². The monoisotopic (exact) mass is 349 g/mol. The Balaban J connectivity index is 1.82. The number of aryl methyl sites for hydroxylation is 1. The Bertz CT molecular complexity index is 763. The molecule has 8 heteroatoms. The molecule has 1 unspecified atom stereocenters. The topological polar surface area (TPSA) is 108 Å². The van der Waals surface area contributed by atoms with Crippen molar-refractivity contribution in [1.29, 1.82) is 0 Å². The maximum Gasteiger partial charge on any atom is 0.327 e. The normalized spacial score (nSPS) is 19.2. The van der Waals surface area contributed by atoms with Crippen LogP contribution in [0.4, 0.5) is 5.82 Å². The molecule has 0 amide bonds. The summed E-state index contributed by atoms with van der Waals surface area (Å²) in [5.74, 6) is 0.230. The maximum atomic E-state index is 12.3. The van der Waals surface area contributed by atoms with Crippen molar-refractivity contribution < 1.29 is 9.47 Å². The number of H-pyrrole nitrogens is 1. The van der Waals surface area contributed by atoms with E-state index in [1.165, 1.54) is 6.42 Å². The van der Waals surface area contributed by atoms with E-state index in [4.69, 9.17) is 15.2 Å². The van der Waals surface area contributed by atoms with E-state index in [0.29, 0.717) is 17.7 Å². The van der Waals surface area contributed by atoms with Crippen LogP contribution in [0.25, 0.3) is 11.2 Å². The predicted octanol–water partition coefficient (Wildman–Crippen LogP) is 2.23. The first-order valence-electron chi connectivity index (χ1n) is 9.12. The number of nitrogens with two attached hydrogens (primary N) is 1. The summed E-state index contributed by atoms with van der Waals surface area (Å²) in [4.78, 5) is 23.6. The van der Waals surface area contributed by atoms with Crippen LogP contribution in [0, 0.1) is 0 Å². The second-order valence-corrected chi connectivity index (χ2v) is 6.67. The van der Waals surface area contributed by atoms with E-state index in [1.54, 1.807) is 4.57 Å². The van der Waals surface area contributed by atoms with Crippen molar-refractivity contribution in [2.24, 2.45) is 0 Å².